The van der Waals surface area contributed by atoms with Crippen LogP contribution in [-0.2, 0) is 0 Å². The molecule has 0 aliphatic carbocycles. The molecule has 11 heteroatoms. The number of fused-ring (bicyclic) bond motifs is 1. The van der Waals surface area contributed by atoms with E-state index in [0.717, 1.165) is 23.5 Å². The zero-order valence-corrected chi connectivity index (χ0v) is 18.7. The molecule has 5 rings (SSSR count). The molecule has 0 amide bonds. The van der Waals surface area contributed by atoms with Crippen molar-refractivity contribution >= 4 is 39.6 Å². The van der Waals surface area contributed by atoms with E-state index in [1.807, 2.05) is 30.3 Å². The van der Waals surface area contributed by atoms with Crippen LogP contribution in [0.15, 0.2) is 72.8 Å². The summed E-state index contributed by atoms with van der Waals surface area (Å²) in [6.45, 7) is 0. The molecular formula is C24H17ClF2N8. The van der Waals surface area contributed by atoms with Crippen molar-refractivity contribution in [2.24, 2.45) is 0 Å². The molecule has 0 radical (unpaired) electrons. The number of aromatic nitrogens is 2. The monoisotopic (exact) mass is 490 g/mol. The molecule has 4 aromatic rings. The Kier molecular flexibility index (Phi) is 6.01. The number of hydrogen-bond donors (Lipinski definition) is 5. The molecule has 0 fully saturated rings. The van der Waals surface area contributed by atoms with Crippen molar-refractivity contribution in [3.63, 3.8) is 0 Å². The Morgan fingerprint density at radius 1 is 1.03 bits per heavy atom. The van der Waals surface area contributed by atoms with Crippen molar-refractivity contribution < 1.29 is 8.78 Å². The molecular weight excluding hydrogens is 474 g/mol. The summed E-state index contributed by atoms with van der Waals surface area (Å²) in [6.07, 6.45) is 4.30. The summed E-state index contributed by atoms with van der Waals surface area (Å²) >= 11 is 6.58. The molecule has 2 aromatic carbocycles. The van der Waals surface area contributed by atoms with Crippen molar-refractivity contribution in [3.05, 3.63) is 101 Å². The molecule has 0 saturated carbocycles. The fourth-order valence-corrected chi connectivity index (χ4v) is 4.03. The van der Waals surface area contributed by atoms with E-state index in [-0.39, 0.29) is 17.3 Å². The second kappa shape index (κ2) is 9.42. The summed E-state index contributed by atoms with van der Waals surface area (Å²) in [4.78, 5) is 7.72. The zero-order chi connectivity index (χ0) is 24.4. The van der Waals surface area contributed by atoms with Gasteiger partial charge in [-0.1, -0.05) is 41.9 Å². The maximum Gasteiger partial charge on any atom is 0.249 e. The Morgan fingerprint density at radius 2 is 1.86 bits per heavy atom. The molecule has 8 nitrogen and oxygen atoms in total. The lowest BCUT2D eigenvalue weighted by molar-refractivity contribution is 0.480. The minimum Gasteiger partial charge on any atom is -0.373 e. The van der Waals surface area contributed by atoms with Gasteiger partial charge in [0, 0.05) is 29.5 Å². The van der Waals surface area contributed by atoms with E-state index in [4.69, 9.17) is 11.6 Å². The van der Waals surface area contributed by atoms with E-state index in [1.165, 1.54) is 6.20 Å². The van der Waals surface area contributed by atoms with Gasteiger partial charge in [-0.05, 0) is 17.7 Å². The highest BCUT2D eigenvalue weighted by Crippen LogP contribution is 2.36. The number of halogens is 3. The molecule has 2 aromatic heterocycles. The van der Waals surface area contributed by atoms with Gasteiger partial charge in [-0.15, -0.1) is 0 Å². The van der Waals surface area contributed by atoms with E-state index >= 15 is 0 Å². The number of nitriles is 1. The molecule has 1 aliphatic heterocycles. The summed E-state index contributed by atoms with van der Waals surface area (Å²) in [6, 6.07) is 16.1. The predicted molar refractivity (Wildman–Crippen MR) is 129 cm³/mol. The number of anilines is 3. The standard InChI is InChI=1S/C24H17ClF2N8/c25-18-7-15(32-22(20-12-31-35-34-20)13-4-2-1-3-5-13)6-17-21(14(9-28)10-29-23(17)18)33-16-8-19(26)24(27)30-11-16/h1-8,10-12,22,31-32,34-35H,(H,29,33). The van der Waals surface area contributed by atoms with Gasteiger partial charge in [0.15, 0.2) is 5.82 Å². The Hall–Kier alpha value is -4.46. The highest BCUT2D eigenvalue weighted by Gasteiger charge is 2.21. The van der Waals surface area contributed by atoms with Crippen LogP contribution in [0.3, 0.4) is 0 Å². The number of pyridine rings is 2. The molecule has 5 N–H and O–H groups in total. The Labute approximate surface area is 203 Å². The van der Waals surface area contributed by atoms with Crippen LogP contribution in [0, 0.1) is 23.1 Å². The van der Waals surface area contributed by atoms with Crippen molar-refractivity contribution in [2.45, 2.75) is 6.04 Å². The molecule has 1 atom stereocenters. The van der Waals surface area contributed by atoms with E-state index < -0.39 is 11.8 Å². The average molecular weight is 491 g/mol. The molecule has 3 heterocycles. The van der Waals surface area contributed by atoms with Crippen LogP contribution in [0.25, 0.3) is 10.9 Å². The van der Waals surface area contributed by atoms with Gasteiger partial charge in [-0.3, -0.25) is 4.98 Å². The second-order valence-electron chi connectivity index (χ2n) is 7.62. The van der Waals surface area contributed by atoms with Crippen molar-refractivity contribution in [1.29, 1.82) is 5.26 Å². The van der Waals surface area contributed by atoms with Gasteiger partial charge in [-0.25, -0.2) is 9.37 Å². The largest absolute Gasteiger partial charge is 0.373 e. The Morgan fingerprint density at radius 3 is 2.57 bits per heavy atom. The number of nitrogens with one attached hydrogen (secondary N) is 5. The summed E-state index contributed by atoms with van der Waals surface area (Å²) in [5, 5.41) is 17.0. The van der Waals surface area contributed by atoms with Gasteiger partial charge >= 0.3 is 0 Å². The van der Waals surface area contributed by atoms with Crippen LogP contribution < -0.4 is 27.0 Å². The minimum atomic E-state index is -1.21. The number of nitrogens with zero attached hydrogens (tertiary/aromatic N) is 3. The molecule has 0 bridgehead atoms. The van der Waals surface area contributed by atoms with E-state index in [2.05, 4.69) is 43.1 Å². The second-order valence-corrected chi connectivity index (χ2v) is 8.02. The normalized spacial score (nSPS) is 13.4. The lowest BCUT2D eigenvalue weighted by Crippen LogP contribution is -2.33. The summed E-state index contributed by atoms with van der Waals surface area (Å²) in [7, 11) is 0. The lowest BCUT2D eigenvalue weighted by atomic mass is 10.0. The minimum absolute atomic E-state index is 0.169. The number of hydrazine groups is 2. The van der Waals surface area contributed by atoms with Crippen LogP contribution >= 0.6 is 11.6 Å². The van der Waals surface area contributed by atoms with Crippen LogP contribution in [-0.4, -0.2) is 9.97 Å². The third kappa shape index (κ3) is 4.50. The van der Waals surface area contributed by atoms with E-state index in [9.17, 15) is 14.0 Å². The topological polar surface area (TPSA) is 110 Å². The van der Waals surface area contributed by atoms with E-state index in [1.54, 1.807) is 18.3 Å². The first-order chi connectivity index (χ1) is 17.0. The first kappa shape index (κ1) is 22.3. The van der Waals surface area contributed by atoms with Gasteiger partial charge in [0.05, 0.1) is 45.4 Å². The predicted octanol–water partition coefficient (Wildman–Crippen LogP) is 4.78. The van der Waals surface area contributed by atoms with E-state index in [0.29, 0.717) is 27.3 Å². The highest BCUT2D eigenvalue weighted by atomic mass is 35.5. The third-order valence-electron chi connectivity index (χ3n) is 5.37. The van der Waals surface area contributed by atoms with Crippen LogP contribution in [0.1, 0.15) is 17.2 Å². The summed E-state index contributed by atoms with van der Waals surface area (Å²) < 4.78 is 27.1. The molecule has 174 valence electrons. The van der Waals surface area contributed by atoms with Gasteiger partial charge in [0.2, 0.25) is 5.95 Å². The third-order valence-corrected chi connectivity index (χ3v) is 5.66. The highest BCUT2D eigenvalue weighted by molar-refractivity contribution is 6.36. The van der Waals surface area contributed by atoms with Crippen molar-refractivity contribution in [3.8, 4) is 6.07 Å². The number of benzene rings is 2. The maximum absolute atomic E-state index is 13.8. The first-order valence-electron chi connectivity index (χ1n) is 10.4. The summed E-state index contributed by atoms with van der Waals surface area (Å²) in [5.74, 6) is -2.33. The Bertz CT molecular complexity index is 1490. The van der Waals surface area contributed by atoms with Crippen LogP contribution in [0.2, 0.25) is 5.02 Å². The molecule has 0 saturated heterocycles. The smallest absolute Gasteiger partial charge is 0.249 e. The Balaban J connectivity index is 1.60. The average Bonchev–Trinajstić information content (AvgIpc) is 3.40. The fourth-order valence-electron chi connectivity index (χ4n) is 3.76. The molecule has 35 heavy (non-hydrogen) atoms. The zero-order valence-electron chi connectivity index (χ0n) is 17.9. The molecule has 0 spiro atoms. The fraction of sp³-hybridized carbons (Fsp3) is 0.0417. The maximum atomic E-state index is 13.8. The molecule has 1 unspecified atom stereocenters. The van der Waals surface area contributed by atoms with Crippen LogP contribution in [0.4, 0.5) is 25.8 Å². The lowest BCUT2D eigenvalue weighted by Gasteiger charge is -2.22. The van der Waals surface area contributed by atoms with Gasteiger partial charge in [0.1, 0.15) is 6.07 Å². The number of rotatable bonds is 6. The summed E-state index contributed by atoms with van der Waals surface area (Å²) in [5.41, 5.74) is 12.4. The van der Waals surface area contributed by atoms with Gasteiger partial charge in [0.25, 0.3) is 0 Å². The van der Waals surface area contributed by atoms with Crippen molar-refractivity contribution in [1.82, 2.24) is 26.4 Å². The molecule has 1 aliphatic rings. The van der Waals surface area contributed by atoms with Crippen molar-refractivity contribution in [2.75, 3.05) is 10.6 Å². The van der Waals surface area contributed by atoms with Gasteiger partial charge in [-0.2, -0.15) is 15.2 Å². The quantitative estimate of drug-likeness (QED) is 0.246. The SMILES string of the molecule is N#Cc1cnc2c(Cl)cc(NC(C3=CNNN3)c3ccccc3)cc2c1Nc1cnc(F)c(F)c1. The van der Waals surface area contributed by atoms with Gasteiger partial charge < -0.3 is 21.5 Å². The first-order valence-corrected chi connectivity index (χ1v) is 10.8. The van der Waals surface area contributed by atoms with Crippen LogP contribution in [0.5, 0.6) is 0 Å². The number of hydrogen-bond acceptors (Lipinski definition) is 8.